The number of rotatable bonds is 3. The maximum absolute atomic E-state index is 6.14. The van der Waals surface area contributed by atoms with E-state index in [1.54, 1.807) is 0 Å². The van der Waals surface area contributed by atoms with Gasteiger partial charge in [0.15, 0.2) is 0 Å². The van der Waals surface area contributed by atoms with Crippen LogP contribution in [0.4, 0.5) is 5.95 Å². The van der Waals surface area contributed by atoms with Crippen LogP contribution in [0.25, 0.3) is 11.0 Å². The average molecular weight is 280 g/mol. The van der Waals surface area contributed by atoms with Gasteiger partial charge in [-0.1, -0.05) is 17.7 Å². The van der Waals surface area contributed by atoms with Gasteiger partial charge in [-0.3, -0.25) is 0 Å². The Labute approximate surface area is 117 Å². The van der Waals surface area contributed by atoms with Crippen molar-refractivity contribution in [3.63, 3.8) is 0 Å². The van der Waals surface area contributed by atoms with E-state index in [0.29, 0.717) is 17.1 Å². The van der Waals surface area contributed by atoms with Crippen molar-refractivity contribution in [2.75, 3.05) is 12.3 Å². The van der Waals surface area contributed by atoms with E-state index < -0.39 is 0 Å². The van der Waals surface area contributed by atoms with E-state index in [9.17, 15) is 0 Å². The van der Waals surface area contributed by atoms with Crippen LogP contribution in [0.3, 0.4) is 0 Å². The van der Waals surface area contributed by atoms with Crippen LogP contribution >= 0.6 is 11.6 Å². The highest BCUT2D eigenvalue weighted by molar-refractivity contribution is 6.35. The molecule has 1 aromatic heterocycles. The van der Waals surface area contributed by atoms with Gasteiger partial charge in [-0.2, -0.15) is 0 Å². The van der Waals surface area contributed by atoms with Crippen molar-refractivity contribution < 1.29 is 4.74 Å². The van der Waals surface area contributed by atoms with E-state index >= 15 is 0 Å². The molecule has 1 aromatic carbocycles. The highest BCUT2D eigenvalue weighted by atomic mass is 35.5. The molecule has 1 saturated heterocycles. The molecule has 0 bridgehead atoms. The van der Waals surface area contributed by atoms with Gasteiger partial charge in [-0.15, -0.1) is 0 Å². The van der Waals surface area contributed by atoms with Crippen molar-refractivity contribution in [3.8, 4) is 0 Å². The largest absolute Gasteiger partial charge is 0.378 e. The summed E-state index contributed by atoms with van der Waals surface area (Å²) in [7, 11) is 0. The van der Waals surface area contributed by atoms with Crippen molar-refractivity contribution in [2.24, 2.45) is 0 Å². The van der Waals surface area contributed by atoms with Crippen molar-refractivity contribution in [2.45, 2.75) is 38.3 Å². The third-order valence-electron chi connectivity index (χ3n) is 3.71. The van der Waals surface area contributed by atoms with Crippen LogP contribution in [0, 0.1) is 0 Å². The number of para-hydroxylation sites is 1. The first-order valence-corrected chi connectivity index (χ1v) is 7.15. The first-order chi connectivity index (χ1) is 9.25. The number of benzene rings is 1. The summed E-state index contributed by atoms with van der Waals surface area (Å²) in [5.41, 5.74) is 7.77. The van der Waals surface area contributed by atoms with E-state index in [4.69, 9.17) is 22.1 Å². The van der Waals surface area contributed by atoms with Crippen molar-refractivity contribution >= 4 is 28.6 Å². The van der Waals surface area contributed by atoms with Gasteiger partial charge in [0.25, 0.3) is 0 Å². The first-order valence-electron chi connectivity index (χ1n) is 6.77. The summed E-state index contributed by atoms with van der Waals surface area (Å²) in [6, 6.07) is 5.77. The number of fused-ring (bicyclic) bond motifs is 1. The summed E-state index contributed by atoms with van der Waals surface area (Å²) in [6.07, 6.45) is 4.92. The maximum Gasteiger partial charge on any atom is 0.201 e. The minimum Gasteiger partial charge on any atom is -0.378 e. The summed E-state index contributed by atoms with van der Waals surface area (Å²) < 4.78 is 7.78. The van der Waals surface area contributed by atoms with E-state index in [2.05, 4.69) is 4.98 Å². The molecule has 0 radical (unpaired) electrons. The number of nitrogen functional groups attached to an aromatic ring is 1. The van der Waals surface area contributed by atoms with Gasteiger partial charge in [-0.25, -0.2) is 4.98 Å². The summed E-state index contributed by atoms with van der Waals surface area (Å²) in [5, 5.41) is 0.650. The van der Waals surface area contributed by atoms with E-state index in [0.717, 1.165) is 37.0 Å². The standard InChI is InChI=1S/C14H18ClN3O/c15-11-5-3-6-12-13(11)17-14(16)18(12)8-7-10-4-1-2-9-19-10/h3,5-6,10H,1-2,4,7-9H2,(H2,16,17). The fourth-order valence-electron chi connectivity index (χ4n) is 2.67. The number of halogens is 1. The van der Waals surface area contributed by atoms with Gasteiger partial charge in [0.05, 0.1) is 16.6 Å². The molecule has 3 rings (SSSR count). The third-order valence-corrected chi connectivity index (χ3v) is 4.01. The molecule has 4 nitrogen and oxygen atoms in total. The Hall–Kier alpha value is -1.26. The summed E-state index contributed by atoms with van der Waals surface area (Å²) in [5.74, 6) is 0.527. The molecule has 19 heavy (non-hydrogen) atoms. The second kappa shape index (κ2) is 5.39. The zero-order valence-electron chi connectivity index (χ0n) is 10.8. The molecule has 1 aliphatic rings. The van der Waals surface area contributed by atoms with Gasteiger partial charge >= 0.3 is 0 Å². The molecule has 1 aliphatic heterocycles. The molecule has 1 unspecified atom stereocenters. The normalized spacial score (nSPS) is 19.9. The van der Waals surface area contributed by atoms with E-state index in [1.165, 1.54) is 12.8 Å². The van der Waals surface area contributed by atoms with Crippen molar-refractivity contribution in [1.82, 2.24) is 9.55 Å². The Bertz CT molecular complexity index is 575. The molecular formula is C14H18ClN3O. The number of anilines is 1. The molecule has 0 aliphatic carbocycles. The number of hydrogen-bond donors (Lipinski definition) is 1. The third kappa shape index (κ3) is 2.55. The molecule has 5 heteroatoms. The smallest absolute Gasteiger partial charge is 0.201 e. The average Bonchev–Trinajstić information content (AvgIpc) is 2.75. The van der Waals surface area contributed by atoms with Gasteiger partial charge in [0.2, 0.25) is 5.95 Å². The highest BCUT2D eigenvalue weighted by Gasteiger charge is 2.16. The number of hydrogen-bond acceptors (Lipinski definition) is 3. The van der Waals surface area contributed by atoms with Crippen LogP contribution in [0.5, 0.6) is 0 Å². The minimum atomic E-state index is 0.352. The number of aryl methyl sites for hydroxylation is 1. The Kier molecular flexibility index (Phi) is 3.62. The summed E-state index contributed by atoms with van der Waals surface area (Å²) in [4.78, 5) is 4.34. The zero-order chi connectivity index (χ0) is 13.2. The molecule has 0 saturated carbocycles. The van der Waals surface area contributed by atoms with Gasteiger partial charge in [0.1, 0.15) is 5.52 Å². The van der Waals surface area contributed by atoms with E-state index in [-0.39, 0.29) is 0 Å². The maximum atomic E-state index is 6.14. The quantitative estimate of drug-likeness (QED) is 0.938. The second-order valence-electron chi connectivity index (χ2n) is 5.01. The first kappa shape index (κ1) is 12.8. The van der Waals surface area contributed by atoms with Crippen molar-refractivity contribution in [3.05, 3.63) is 23.2 Å². The monoisotopic (exact) mass is 279 g/mol. The van der Waals surface area contributed by atoms with Gasteiger partial charge in [0, 0.05) is 13.2 Å². The molecule has 0 amide bonds. The molecule has 0 spiro atoms. The lowest BCUT2D eigenvalue weighted by atomic mass is 10.1. The SMILES string of the molecule is Nc1nc2c(Cl)cccc2n1CCC1CCCCO1. The lowest BCUT2D eigenvalue weighted by Crippen LogP contribution is -2.21. The van der Waals surface area contributed by atoms with Crippen LogP contribution in [0.2, 0.25) is 5.02 Å². The fourth-order valence-corrected chi connectivity index (χ4v) is 2.89. The molecule has 1 fully saturated rings. The predicted octanol–water partition coefficient (Wildman–Crippen LogP) is 3.23. The van der Waals surface area contributed by atoms with Gasteiger partial charge in [-0.05, 0) is 37.8 Å². The minimum absolute atomic E-state index is 0.352. The molecule has 102 valence electrons. The fraction of sp³-hybridized carbons (Fsp3) is 0.500. The number of imidazole rings is 1. The van der Waals surface area contributed by atoms with Gasteiger partial charge < -0.3 is 15.0 Å². The van der Waals surface area contributed by atoms with Crippen LogP contribution in [-0.4, -0.2) is 22.3 Å². The Morgan fingerprint density at radius 1 is 1.42 bits per heavy atom. The van der Waals surface area contributed by atoms with Crippen LogP contribution < -0.4 is 5.73 Å². The summed E-state index contributed by atoms with van der Waals surface area (Å²) in [6.45, 7) is 1.71. The number of ether oxygens (including phenoxy) is 1. The second-order valence-corrected chi connectivity index (χ2v) is 5.41. The lowest BCUT2D eigenvalue weighted by Gasteiger charge is -2.22. The van der Waals surface area contributed by atoms with Crippen LogP contribution in [0.15, 0.2) is 18.2 Å². The molecular weight excluding hydrogens is 262 g/mol. The van der Waals surface area contributed by atoms with E-state index in [1.807, 2.05) is 22.8 Å². The molecule has 2 N–H and O–H groups in total. The lowest BCUT2D eigenvalue weighted by molar-refractivity contribution is 0.00906. The molecule has 1 atom stereocenters. The summed E-state index contributed by atoms with van der Waals surface area (Å²) >= 11 is 6.14. The molecule has 2 aromatic rings. The predicted molar refractivity (Wildman–Crippen MR) is 77.4 cm³/mol. The van der Waals surface area contributed by atoms with Crippen LogP contribution in [0.1, 0.15) is 25.7 Å². The number of nitrogens with zero attached hydrogens (tertiary/aromatic N) is 2. The Morgan fingerprint density at radius 3 is 3.11 bits per heavy atom. The van der Waals surface area contributed by atoms with Crippen molar-refractivity contribution in [1.29, 1.82) is 0 Å². The number of nitrogens with two attached hydrogens (primary N) is 1. The topological polar surface area (TPSA) is 53.1 Å². The Balaban J connectivity index is 1.80. The Morgan fingerprint density at radius 2 is 2.32 bits per heavy atom. The van der Waals surface area contributed by atoms with Crippen LogP contribution in [-0.2, 0) is 11.3 Å². The number of aromatic nitrogens is 2. The zero-order valence-corrected chi connectivity index (χ0v) is 11.6. The highest BCUT2D eigenvalue weighted by Crippen LogP contribution is 2.26. The molecule has 2 heterocycles.